The zero-order chi connectivity index (χ0) is 16.1. The van der Waals surface area contributed by atoms with Gasteiger partial charge in [0.15, 0.2) is 11.5 Å². The maximum atomic E-state index is 11.7. The van der Waals surface area contributed by atoms with Gasteiger partial charge in [0.1, 0.15) is 17.7 Å². The molecule has 2 rings (SSSR count). The molecule has 1 aliphatic heterocycles. The fourth-order valence-corrected chi connectivity index (χ4v) is 2.15. The van der Waals surface area contributed by atoms with Gasteiger partial charge in [0.25, 0.3) is 0 Å². The highest BCUT2D eigenvalue weighted by molar-refractivity contribution is 5.93. The summed E-state index contributed by atoms with van der Waals surface area (Å²) in [5, 5.41) is 9.11. The van der Waals surface area contributed by atoms with Crippen LogP contribution in [0.5, 0.6) is 11.5 Å². The Kier molecular flexibility index (Phi) is 4.84. The molecular formula is C17H17NO4. The molecule has 5 nitrogen and oxygen atoms in total. The molecule has 114 valence electrons. The Morgan fingerprint density at radius 1 is 1.50 bits per heavy atom. The molecule has 0 saturated heterocycles. The van der Waals surface area contributed by atoms with Crippen molar-refractivity contribution in [1.29, 1.82) is 5.26 Å². The second-order valence-corrected chi connectivity index (χ2v) is 4.67. The summed E-state index contributed by atoms with van der Waals surface area (Å²) in [7, 11) is 1.58. The molecular weight excluding hydrogens is 282 g/mol. The van der Waals surface area contributed by atoms with Crippen molar-refractivity contribution in [2.75, 3.05) is 13.7 Å². The van der Waals surface area contributed by atoms with E-state index in [4.69, 9.17) is 19.5 Å². The summed E-state index contributed by atoms with van der Waals surface area (Å²) in [6.45, 7) is 3.77. The van der Waals surface area contributed by atoms with Crippen LogP contribution in [-0.2, 0) is 9.53 Å². The van der Waals surface area contributed by atoms with Crippen molar-refractivity contribution in [3.05, 3.63) is 41.0 Å². The fourth-order valence-electron chi connectivity index (χ4n) is 2.15. The fraction of sp³-hybridized carbons (Fsp3) is 0.294. The van der Waals surface area contributed by atoms with Crippen LogP contribution in [0.2, 0.25) is 0 Å². The molecule has 1 aromatic rings. The van der Waals surface area contributed by atoms with E-state index in [1.54, 1.807) is 14.0 Å². The highest BCUT2D eigenvalue weighted by Gasteiger charge is 2.22. The molecule has 5 heteroatoms. The number of para-hydroxylation sites is 1. The second kappa shape index (κ2) is 6.81. The highest BCUT2D eigenvalue weighted by atomic mass is 16.5. The minimum Gasteiger partial charge on any atom is -0.493 e. The van der Waals surface area contributed by atoms with Crippen LogP contribution in [0.4, 0.5) is 0 Å². The maximum absolute atomic E-state index is 11.7. The lowest BCUT2D eigenvalue weighted by Crippen LogP contribution is -2.19. The Labute approximate surface area is 129 Å². The van der Waals surface area contributed by atoms with Gasteiger partial charge in [-0.05, 0) is 37.6 Å². The minimum atomic E-state index is -0.630. The summed E-state index contributed by atoms with van der Waals surface area (Å²) >= 11 is 0. The number of hydrogen-bond donors (Lipinski definition) is 0. The topological polar surface area (TPSA) is 68.6 Å². The first-order valence-electron chi connectivity index (χ1n) is 6.94. The molecule has 22 heavy (non-hydrogen) atoms. The van der Waals surface area contributed by atoms with Crippen molar-refractivity contribution >= 4 is 12.0 Å². The standard InChI is InChI=1S/C17H17NO4/c1-4-21-17(19)14(10-18)9-13-8-12-6-5-7-15(20-3)16(12)22-11(13)2/h5-9,11H,4H2,1-3H3. The van der Waals surface area contributed by atoms with Crippen LogP contribution < -0.4 is 9.47 Å². The largest absolute Gasteiger partial charge is 0.493 e. The Morgan fingerprint density at radius 2 is 2.27 bits per heavy atom. The minimum absolute atomic E-state index is 0.0464. The van der Waals surface area contributed by atoms with Gasteiger partial charge in [-0.3, -0.25) is 0 Å². The van der Waals surface area contributed by atoms with Gasteiger partial charge >= 0.3 is 5.97 Å². The first kappa shape index (κ1) is 15.6. The number of ether oxygens (including phenoxy) is 3. The SMILES string of the molecule is CCOC(=O)C(C#N)=CC1=Cc2cccc(OC)c2OC1C. The van der Waals surface area contributed by atoms with Crippen molar-refractivity contribution in [3.8, 4) is 17.6 Å². The Bertz CT molecular complexity index is 682. The molecule has 0 aliphatic carbocycles. The average Bonchev–Trinajstić information content (AvgIpc) is 2.52. The van der Waals surface area contributed by atoms with Crippen molar-refractivity contribution < 1.29 is 19.0 Å². The van der Waals surface area contributed by atoms with E-state index >= 15 is 0 Å². The molecule has 0 radical (unpaired) electrons. The van der Waals surface area contributed by atoms with E-state index in [0.29, 0.717) is 11.5 Å². The van der Waals surface area contributed by atoms with Gasteiger partial charge in [0, 0.05) is 5.56 Å². The lowest BCUT2D eigenvalue weighted by atomic mass is 10.00. The lowest BCUT2D eigenvalue weighted by Gasteiger charge is -2.24. The number of nitriles is 1. The predicted molar refractivity (Wildman–Crippen MR) is 81.4 cm³/mol. The van der Waals surface area contributed by atoms with Crippen LogP contribution in [0, 0.1) is 11.3 Å². The smallest absolute Gasteiger partial charge is 0.348 e. The lowest BCUT2D eigenvalue weighted by molar-refractivity contribution is -0.138. The number of carbonyl (C=O) groups is 1. The van der Waals surface area contributed by atoms with E-state index in [2.05, 4.69) is 0 Å². The number of hydrogen-bond acceptors (Lipinski definition) is 5. The Balaban J connectivity index is 2.41. The van der Waals surface area contributed by atoms with Gasteiger partial charge in [-0.2, -0.15) is 5.26 Å². The zero-order valence-corrected chi connectivity index (χ0v) is 12.8. The molecule has 0 saturated carbocycles. The molecule has 0 bridgehead atoms. The van der Waals surface area contributed by atoms with Crippen molar-refractivity contribution in [1.82, 2.24) is 0 Å². The number of carbonyl (C=O) groups excluding carboxylic acids is 1. The van der Waals surface area contributed by atoms with Gasteiger partial charge in [-0.15, -0.1) is 0 Å². The monoisotopic (exact) mass is 299 g/mol. The second-order valence-electron chi connectivity index (χ2n) is 4.67. The van der Waals surface area contributed by atoms with E-state index in [-0.39, 0.29) is 18.3 Å². The first-order chi connectivity index (χ1) is 10.6. The third-order valence-corrected chi connectivity index (χ3v) is 3.24. The number of benzene rings is 1. The molecule has 1 aliphatic rings. The number of methoxy groups -OCH3 is 1. The molecule has 1 unspecified atom stereocenters. The normalized spacial score (nSPS) is 16.7. The summed E-state index contributed by atoms with van der Waals surface area (Å²) in [4.78, 5) is 11.7. The van der Waals surface area contributed by atoms with Gasteiger partial charge in [-0.1, -0.05) is 12.1 Å². The zero-order valence-electron chi connectivity index (χ0n) is 12.8. The Hall–Kier alpha value is -2.74. The molecule has 0 aromatic heterocycles. The van der Waals surface area contributed by atoms with Crippen molar-refractivity contribution in [3.63, 3.8) is 0 Å². The van der Waals surface area contributed by atoms with Crippen LogP contribution in [-0.4, -0.2) is 25.8 Å². The predicted octanol–water partition coefficient (Wildman–Crippen LogP) is 2.87. The van der Waals surface area contributed by atoms with Gasteiger partial charge in [0.05, 0.1) is 13.7 Å². The van der Waals surface area contributed by atoms with Crippen molar-refractivity contribution in [2.45, 2.75) is 20.0 Å². The Morgan fingerprint density at radius 3 is 2.91 bits per heavy atom. The number of esters is 1. The van der Waals surface area contributed by atoms with Crippen LogP contribution in [0.15, 0.2) is 35.4 Å². The summed E-state index contributed by atoms with van der Waals surface area (Å²) < 4.78 is 16.0. The molecule has 1 heterocycles. The van der Waals surface area contributed by atoms with Crippen LogP contribution in [0.3, 0.4) is 0 Å². The number of nitrogens with zero attached hydrogens (tertiary/aromatic N) is 1. The summed E-state index contributed by atoms with van der Waals surface area (Å²) in [6.07, 6.45) is 3.08. The van der Waals surface area contributed by atoms with E-state index in [1.807, 2.05) is 37.3 Å². The van der Waals surface area contributed by atoms with Gasteiger partial charge in [-0.25, -0.2) is 4.79 Å². The summed E-state index contributed by atoms with van der Waals surface area (Å²) in [5.41, 5.74) is 1.52. The van der Waals surface area contributed by atoms with Crippen LogP contribution in [0.1, 0.15) is 19.4 Å². The third kappa shape index (κ3) is 3.12. The van der Waals surface area contributed by atoms with E-state index < -0.39 is 5.97 Å². The maximum Gasteiger partial charge on any atom is 0.348 e. The summed E-state index contributed by atoms with van der Waals surface area (Å²) in [6, 6.07) is 7.42. The molecule has 0 N–H and O–H groups in total. The molecule has 0 fully saturated rings. The molecule has 0 amide bonds. The van der Waals surface area contributed by atoms with Gasteiger partial charge in [0.2, 0.25) is 0 Å². The quantitative estimate of drug-likeness (QED) is 0.486. The van der Waals surface area contributed by atoms with Crippen LogP contribution >= 0.6 is 0 Å². The molecule has 1 atom stereocenters. The van der Waals surface area contributed by atoms with E-state index in [9.17, 15) is 4.79 Å². The number of fused-ring (bicyclic) bond motifs is 1. The summed E-state index contributed by atoms with van der Waals surface area (Å²) in [5.74, 6) is 0.674. The van der Waals surface area contributed by atoms with E-state index in [1.165, 1.54) is 6.08 Å². The highest BCUT2D eigenvalue weighted by Crippen LogP contribution is 2.38. The third-order valence-electron chi connectivity index (χ3n) is 3.24. The van der Waals surface area contributed by atoms with E-state index in [0.717, 1.165) is 11.1 Å². The first-order valence-corrected chi connectivity index (χ1v) is 6.94. The number of rotatable bonds is 4. The molecule has 0 spiro atoms. The average molecular weight is 299 g/mol. The van der Waals surface area contributed by atoms with Crippen molar-refractivity contribution in [2.24, 2.45) is 0 Å². The molecule has 1 aromatic carbocycles. The van der Waals surface area contributed by atoms with Crippen LogP contribution in [0.25, 0.3) is 6.08 Å². The van der Waals surface area contributed by atoms with Gasteiger partial charge < -0.3 is 14.2 Å².